The van der Waals surface area contributed by atoms with E-state index in [4.69, 9.17) is 16.3 Å². The van der Waals surface area contributed by atoms with Crippen LogP contribution in [0.3, 0.4) is 0 Å². The number of aromatic nitrogens is 1. The van der Waals surface area contributed by atoms with Gasteiger partial charge in [0.2, 0.25) is 0 Å². The van der Waals surface area contributed by atoms with E-state index < -0.39 is 0 Å². The zero-order valence-corrected chi connectivity index (χ0v) is 14.4. The Bertz CT molecular complexity index is 625. The van der Waals surface area contributed by atoms with E-state index in [1.54, 1.807) is 19.2 Å². The Kier molecular flexibility index (Phi) is 6.25. The number of halogens is 1. The van der Waals surface area contributed by atoms with Crippen molar-refractivity contribution in [1.29, 1.82) is 0 Å². The van der Waals surface area contributed by atoms with Crippen LogP contribution in [-0.2, 0) is 39.8 Å². The van der Waals surface area contributed by atoms with E-state index in [2.05, 4.69) is 6.07 Å². The van der Waals surface area contributed by atoms with Gasteiger partial charge in [0, 0.05) is 39.8 Å². The largest absolute Gasteiger partial charge is 0.494 e. The van der Waals surface area contributed by atoms with E-state index in [-0.39, 0.29) is 38.3 Å². The van der Waals surface area contributed by atoms with Crippen molar-refractivity contribution < 1.29 is 37.4 Å². The number of pyridine rings is 1. The quantitative estimate of drug-likeness (QED) is 0.796. The average molecular weight is 352 g/mol. The number of benzene rings is 1. The van der Waals surface area contributed by atoms with Crippen LogP contribution in [-0.4, -0.2) is 11.2 Å². The average Bonchev–Trinajstić information content (AvgIpc) is 2.34. The van der Waals surface area contributed by atoms with Gasteiger partial charge in [0.1, 0.15) is 5.75 Å². The van der Waals surface area contributed by atoms with Gasteiger partial charge >= 0.3 is 0 Å². The molecule has 0 saturated heterocycles. The summed E-state index contributed by atoms with van der Waals surface area (Å²) >= 11 is 6.21. The molecule has 0 aliphatic heterocycles. The molecule has 1 heterocycles. The number of hydrogen-bond acceptors (Lipinski definition) is 2. The monoisotopic (exact) mass is 351 g/mol. The molecule has 5 heteroatoms. The summed E-state index contributed by atoms with van der Waals surface area (Å²) in [6.45, 7) is 2.50. The molecule has 97 valence electrons. The van der Waals surface area contributed by atoms with Gasteiger partial charge in [0.15, 0.2) is 5.56 Å². The third kappa shape index (κ3) is 3.68. The maximum atomic E-state index is 11.6. The van der Waals surface area contributed by atoms with Gasteiger partial charge in [-0.15, -0.1) is 6.07 Å². The molecule has 0 aliphatic rings. The van der Waals surface area contributed by atoms with Crippen LogP contribution in [0.5, 0.6) is 5.75 Å². The summed E-state index contributed by atoms with van der Waals surface area (Å²) < 4.78 is 6.88. The van der Waals surface area contributed by atoms with Crippen molar-refractivity contribution in [2.45, 2.75) is 6.92 Å². The zero-order valence-electron chi connectivity index (χ0n) is 10.8. The Hall–Kier alpha value is -0.636. The molecule has 0 unspecified atom stereocenters. The Labute approximate surface area is 142 Å². The van der Waals surface area contributed by atoms with E-state index in [1.807, 2.05) is 19.1 Å². The second kappa shape index (κ2) is 7.23. The number of hydrogen-bond donors (Lipinski definition) is 0. The molecule has 2 rings (SSSR count). The minimum Gasteiger partial charge on any atom is -0.494 e. The van der Waals surface area contributed by atoms with Gasteiger partial charge in [-0.2, -0.15) is 12.1 Å². The molecule has 2 aromatic rings. The molecule has 3 nitrogen and oxygen atoms in total. The number of nitrogens with zero attached hydrogens (tertiary/aromatic N) is 1. The number of rotatable bonds is 3. The summed E-state index contributed by atoms with van der Waals surface area (Å²) in [6, 6.07) is 11.5. The maximum absolute atomic E-state index is 11.6. The Morgan fingerprint density at radius 3 is 2.74 bits per heavy atom. The van der Waals surface area contributed by atoms with Crippen LogP contribution < -0.4 is 10.3 Å². The topological polar surface area (TPSA) is 31.2 Å². The maximum Gasteiger partial charge on any atom is 0.194 e. The van der Waals surface area contributed by atoms with Gasteiger partial charge in [-0.05, 0) is 24.1 Å². The standard InChI is InChI=1S/C14H13ClNO2.Y/c1-3-18-10-7-8-11(12(15)9-10)13-5-4-6-14(17)16(13)2;/h4,6-9H,3H2,1-2H3;/q-1;. The SMILES string of the molecule is CCOc1ccc(-c2[c-]ccc(=O)n2C)c(Cl)c1.[Y]. The molecule has 0 atom stereocenters. The van der Waals surface area contributed by atoms with E-state index in [0.717, 1.165) is 5.56 Å². The second-order valence-electron chi connectivity index (χ2n) is 3.80. The van der Waals surface area contributed by atoms with Crippen LogP contribution in [0.2, 0.25) is 5.02 Å². The first-order valence-corrected chi connectivity index (χ1v) is 6.01. The molecule has 0 spiro atoms. The van der Waals surface area contributed by atoms with Crippen molar-refractivity contribution in [2.24, 2.45) is 7.05 Å². The Balaban J connectivity index is 0.00000180. The van der Waals surface area contributed by atoms with Gasteiger partial charge in [0.05, 0.1) is 6.61 Å². The molecular weight excluding hydrogens is 339 g/mol. The molecule has 0 fully saturated rings. The number of ether oxygens (including phenoxy) is 1. The molecule has 1 aromatic carbocycles. The zero-order chi connectivity index (χ0) is 13.1. The third-order valence-electron chi connectivity index (χ3n) is 2.62. The normalized spacial score (nSPS) is 9.84. The molecule has 0 bridgehead atoms. The first-order valence-electron chi connectivity index (χ1n) is 5.64. The first-order chi connectivity index (χ1) is 8.63. The van der Waals surface area contributed by atoms with Crippen molar-refractivity contribution in [3.63, 3.8) is 0 Å². The third-order valence-corrected chi connectivity index (χ3v) is 2.93. The van der Waals surface area contributed by atoms with Gasteiger partial charge < -0.3 is 9.30 Å². The Morgan fingerprint density at radius 2 is 2.11 bits per heavy atom. The summed E-state index contributed by atoms with van der Waals surface area (Å²) in [5.74, 6) is 0.715. The van der Waals surface area contributed by atoms with Gasteiger partial charge in [-0.25, -0.2) is 0 Å². The molecule has 0 aliphatic carbocycles. The van der Waals surface area contributed by atoms with Crippen molar-refractivity contribution in [3.8, 4) is 17.0 Å². The van der Waals surface area contributed by atoms with Gasteiger partial charge in [-0.3, -0.25) is 4.79 Å². The minimum atomic E-state index is -0.0892. The molecule has 0 saturated carbocycles. The fraction of sp³-hybridized carbons (Fsp3) is 0.214. The van der Waals surface area contributed by atoms with Crippen LogP contribution >= 0.6 is 11.6 Å². The molecule has 1 radical (unpaired) electrons. The van der Waals surface area contributed by atoms with Crippen LogP contribution in [0.15, 0.2) is 35.1 Å². The van der Waals surface area contributed by atoms with Gasteiger partial charge in [-0.1, -0.05) is 28.9 Å². The van der Waals surface area contributed by atoms with Crippen LogP contribution in [0.25, 0.3) is 11.3 Å². The van der Waals surface area contributed by atoms with E-state index in [9.17, 15) is 4.79 Å². The predicted molar refractivity (Wildman–Crippen MR) is 72.1 cm³/mol. The summed E-state index contributed by atoms with van der Waals surface area (Å²) in [4.78, 5) is 11.6. The van der Waals surface area contributed by atoms with Gasteiger partial charge in [0.25, 0.3) is 0 Å². The molecular formula is C14H13ClNO2Y-. The molecule has 1 aromatic heterocycles. The Morgan fingerprint density at radius 1 is 1.37 bits per heavy atom. The van der Waals surface area contributed by atoms with Crippen molar-refractivity contribution in [3.05, 3.63) is 51.8 Å². The van der Waals surface area contributed by atoms with Crippen molar-refractivity contribution in [1.82, 2.24) is 4.57 Å². The summed E-state index contributed by atoms with van der Waals surface area (Å²) in [5.41, 5.74) is 1.34. The predicted octanol–water partition coefficient (Wildman–Crippen LogP) is 2.90. The summed E-state index contributed by atoms with van der Waals surface area (Å²) in [7, 11) is 1.70. The molecule has 0 N–H and O–H groups in total. The molecule has 19 heavy (non-hydrogen) atoms. The van der Waals surface area contributed by atoms with Crippen LogP contribution in [0.4, 0.5) is 0 Å². The van der Waals surface area contributed by atoms with Crippen molar-refractivity contribution in [2.75, 3.05) is 6.61 Å². The second-order valence-corrected chi connectivity index (χ2v) is 4.21. The van der Waals surface area contributed by atoms with Crippen LogP contribution in [0, 0.1) is 6.07 Å². The molecule has 0 amide bonds. The van der Waals surface area contributed by atoms with E-state index in [1.165, 1.54) is 10.6 Å². The smallest absolute Gasteiger partial charge is 0.194 e. The first kappa shape index (κ1) is 16.4. The van der Waals surface area contributed by atoms with Crippen molar-refractivity contribution >= 4 is 11.6 Å². The van der Waals surface area contributed by atoms with E-state index >= 15 is 0 Å². The fourth-order valence-corrected chi connectivity index (χ4v) is 1.97. The fourth-order valence-electron chi connectivity index (χ4n) is 1.71. The summed E-state index contributed by atoms with van der Waals surface area (Å²) in [5, 5.41) is 0.540. The summed E-state index contributed by atoms with van der Waals surface area (Å²) in [6.07, 6.45) is 0. The van der Waals surface area contributed by atoms with E-state index in [0.29, 0.717) is 23.1 Å². The minimum absolute atomic E-state index is 0. The van der Waals surface area contributed by atoms with Crippen LogP contribution in [0.1, 0.15) is 6.92 Å².